The summed E-state index contributed by atoms with van der Waals surface area (Å²) >= 11 is 5.51. The van der Waals surface area contributed by atoms with Gasteiger partial charge < -0.3 is 4.57 Å². The highest BCUT2D eigenvalue weighted by Gasteiger charge is 1.90. The van der Waals surface area contributed by atoms with Gasteiger partial charge in [0.2, 0.25) is 0 Å². The third kappa shape index (κ3) is 3.27. The van der Waals surface area contributed by atoms with E-state index in [-0.39, 0.29) is 5.56 Å². The van der Waals surface area contributed by atoms with Crippen LogP contribution in [0.3, 0.4) is 0 Å². The number of halogens is 1. The largest absolute Gasteiger partial charge is 0.319 e. The van der Waals surface area contributed by atoms with Gasteiger partial charge in [0.1, 0.15) is 0 Å². The Morgan fingerprint density at radius 2 is 2.36 bits per heavy atom. The summed E-state index contributed by atoms with van der Waals surface area (Å²) in [7, 11) is 1.72. The molecular weight excluding hydrogens is 198 g/mol. The third-order valence-corrected chi connectivity index (χ3v) is 2.04. The summed E-state index contributed by atoms with van der Waals surface area (Å²) in [5.41, 5.74) is 0.733. The molecule has 1 aromatic rings. The molecule has 2 nitrogen and oxygen atoms in total. The van der Waals surface area contributed by atoms with Crippen molar-refractivity contribution in [2.24, 2.45) is 7.05 Å². The van der Waals surface area contributed by atoms with Crippen LogP contribution in [0.1, 0.15) is 18.4 Å². The van der Waals surface area contributed by atoms with Crippen LogP contribution >= 0.6 is 11.6 Å². The highest BCUT2D eigenvalue weighted by atomic mass is 35.5. The zero-order valence-corrected chi connectivity index (χ0v) is 8.84. The van der Waals surface area contributed by atoms with Gasteiger partial charge in [0.25, 0.3) is 5.56 Å². The lowest BCUT2D eigenvalue weighted by Crippen LogP contribution is -2.14. The third-order valence-electron chi connectivity index (χ3n) is 1.77. The maximum Gasteiger partial charge on any atom is 0.251 e. The Bertz CT molecular complexity index is 411. The molecule has 74 valence electrons. The van der Waals surface area contributed by atoms with Crippen LogP contribution in [0.5, 0.6) is 0 Å². The van der Waals surface area contributed by atoms with Crippen LogP contribution in [0.15, 0.2) is 23.1 Å². The van der Waals surface area contributed by atoms with E-state index in [2.05, 4.69) is 11.8 Å². The van der Waals surface area contributed by atoms with Gasteiger partial charge in [-0.3, -0.25) is 4.79 Å². The SMILES string of the molecule is Cn1ccc(C#CCCCCl)cc1=O. The summed E-state index contributed by atoms with van der Waals surface area (Å²) in [5.74, 6) is 6.52. The Balaban J connectivity index is 2.71. The molecule has 0 atom stereocenters. The number of aryl methyl sites for hydroxylation is 1. The molecule has 3 heteroatoms. The first-order valence-corrected chi connectivity index (χ1v) is 4.99. The van der Waals surface area contributed by atoms with E-state index >= 15 is 0 Å². The van der Waals surface area contributed by atoms with Gasteiger partial charge in [-0.1, -0.05) is 11.8 Å². The number of aromatic nitrogens is 1. The molecule has 0 unspecified atom stereocenters. The van der Waals surface area contributed by atoms with Crippen LogP contribution in [0.4, 0.5) is 0 Å². The number of rotatable bonds is 2. The molecule has 1 rings (SSSR count). The van der Waals surface area contributed by atoms with Gasteiger partial charge >= 0.3 is 0 Å². The van der Waals surface area contributed by atoms with Crippen LogP contribution in [0.2, 0.25) is 0 Å². The first-order valence-electron chi connectivity index (χ1n) is 4.45. The zero-order chi connectivity index (χ0) is 10.4. The van der Waals surface area contributed by atoms with E-state index in [0.717, 1.165) is 18.4 Å². The van der Waals surface area contributed by atoms with Crippen molar-refractivity contribution in [3.8, 4) is 11.8 Å². The monoisotopic (exact) mass is 209 g/mol. The first kappa shape index (κ1) is 10.9. The number of hydrogen-bond donors (Lipinski definition) is 0. The van der Waals surface area contributed by atoms with Crippen molar-refractivity contribution in [3.05, 3.63) is 34.2 Å². The molecule has 0 aromatic carbocycles. The van der Waals surface area contributed by atoms with Crippen molar-refractivity contribution >= 4 is 11.6 Å². The number of unbranched alkanes of at least 4 members (excludes halogenated alkanes) is 1. The highest BCUT2D eigenvalue weighted by molar-refractivity contribution is 6.17. The van der Waals surface area contributed by atoms with Crippen LogP contribution in [-0.2, 0) is 7.05 Å². The molecule has 0 aliphatic rings. The molecule has 0 N–H and O–H groups in total. The lowest BCUT2D eigenvalue weighted by Gasteiger charge is -1.94. The quantitative estimate of drug-likeness (QED) is 0.413. The predicted molar refractivity (Wildman–Crippen MR) is 58.5 cm³/mol. The van der Waals surface area contributed by atoms with Crippen molar-refractivity contribution in [3.63, 3.8) is 0 Å². The molecule has 0 spiro atoms. The maximum atomic E-state index is 11.2. The van der Waals surface area contributed by atoms with Gasteiger partial charge in [-0.25, -0.2) is 0 Å². The standard InChI is InChI=1S/C11H12ClNO/c1-13-8-6-10(9-11(13)14)5-3-2-4-7-12/h6,8-9H,2,4,7H2,1H3. The number of pyridine rings is 1. The minimum absolute atomic E-state index is 0.0332. The first-order chi connectivity index (χ1) is 6.74. The highest BCUT2D eigenvalue weighted by Crippen LogP contribution is 1.93. The second-order valence-corrected chi connectivity index (χ2v) is 3.34. The number of nitrogens with zero attached hydrogens (tertiary/aromatic N) is 1. The van der Waals surface area contributed by atoms with Crippen LogP contribution in [-0.4, -0.2) is 10.4 Å². The lowest BCUT2D eigenvalue weighted by atomic mass is 10.2. The molecule has 0 saturated heterocycles. The Hall–Kier alpha value is -1.20. The number of hydrogen-bond acceptors (Lipinski definition) is 1. The summed E-state index contributed by atoms with van der Waals surface area (Å²) < 4.78 is 1.52. The van der Waals surface area contributed by atoms with Crippen LogP contribution in [0.25, 0.3) is 0 Å². The van der Waals surface area contributed by atoms with E-state index < -0.39 is 0 Å². The zero-order valence-electron chi connectivity index (χ0n) is 8.09. The molecule has 1 heterocycles. The molecule has 0 aliphatic heterocycles. The molecule has 14 heavy (non-hydrogen) atoms. The predicted octanol–water partition coefficient (Wildman–Crippen LogP) is 1.76. The molecule has 0 aliphatic carbocycles. The maximum absolute atomic E-state index is 11.2. The summed E-state index contributed by atoms with van der Waals surface area (Å²) in [6.07, 6.45) is 3.38. The second-order valence-electron chi connectivity index (χ2n) is 2.96. The summed E-state index contributed by atoms with van der Waals surface area (Å²) in [4.78, 5) is 11.2. The Kier molecular flexibility index (Phi) is 4.28. The van der Waals surface area contributed by atoms with Gasteiger partial charge in [-0.2, -0.15) is 0 Å². The van der Waals surface area contributed by atoms with Gasteiger partial charge in [0.05, 0.1) is 0 Å². The Labute approximate surface area is 88.5 Å². The average molecular weight is 210 g/mol. The molecule has 0 fully saturated rings. The molecule has 0 saturated carbocycles. The van der Waals surface area contributed by atoms with E-state index in [1.54, 1.807) is 13.2 Å². The lowest BCUT2D eigenvalue weighted by molar-refractivity contribution is 0.859. The molecule has 0 bridgehead atoms. The normalized spacial score (nSPS) is 9.29. The number of alkyl halides is 1. The van der Waals surface area contributed by atoms with Crippen LogP contribution in [0, 0.1) is 11.8 Å². The Morgan fingerprint density at radius 1 is 1.57 bits per heavy atom. The van der Waals surface area contributed by atoms with Crippen LogP contribution < -0.4 is 5.56 Å². The molecular formula is C11H12ClNO. The van der Waals surface area contributed by atoms with Crippen molar-refractivity contribution in [2.45, 2.75) is 12.8 Å². The van der Waals surface area contributed by atoms with Gasteiger partial charge in [-0.15, -0.1) is 11.6 Å². The van der Waals surface area contributed by atoms with Crippen molar-refractivity contribution in [1.29, 1.82) is 0 Å². The van der Waals surface area contributed by atoms with E-state index in [4.69, 9.17) is 11.6 Å². The topological polar surface area (TPSA) is 22.0 Å². The van der Waals surface area contributed by atoms with Crippen molar-refractivity contribution in [2.75, 3.05) is 5.88 Å². The fourth-order valence-corrected chi connectivity index (χ4v) is 1.08. The van der Waals surface area contributed by atoms with Crippen molar-refractivity contribution in [1.82, 2.24) is 4.57 Å². The minimum Gasteiger partial charge on any atom is -0.319 e. The van der Waals surface area contributed by atoms with E-state index in [0.29, 0.717) is 5.88 Å². The van der Waals surface area contributed by atoms with E-state index in [9.17, 15) is 4.79 Å². The van der Waals surface area contributed by atoms with Crippen molar-refractivity contribution < 1.29 is 0 Å². The van der Waals surface area contributed by atoms with Gasteiger partial charge in [-0.05, 0) is 12.5 Å². The smallest absolute Gasteiger partial charge is 0.251 e. The Morgan fingerprint density at radius 3 is 3.00 bits per heavy atom. The summed E-state index contributed by atoms with van der Waals surface area (Å²) in [6.45, 7) is 0. The van der Waals surface area contributed by atoms with E-state index in [1.807, 2.05) is 6.07 Å². The summed E-state index contributed by atoms with van der Waals surface area (Å²) in [6, 6.07) is 3.36. The average Bonchev–Trinajstić information content (AvgIpc) is 2.18. The second kappa shape index (κ2) is 5.51. The van der Waals surface area contributed by atoms with Gasteiger partial charge in [0.15, 0.2) is 0 Å². The molecule has 0 amide bonds. The molecule has 1 aromatic heterocycles. The van der Waals surface area contributed by atoms with E-state index in [1.165, 1.54) is 10.6 Å². The molecule has 0 radical (unpaired) electrons. The fraction of sp³-hybridized carbons (Fsp3) is 0.364. The minimum atomic E-state index is -0.0332. The summed E-state index contributed by atoms with van der Waals surface area (Å²) in [5, 5.41) is 0. The van der Waals surface area contributed by atoms with Gasteiger partial charge in [0, 0.05) is 37.2 Å². The fourth-order valence-electron chi connectivity index (χ4n) is 0.946.